The molecule has 0 atom stereocenters. The van der Waals surface area contributed by atoms with Crippen LogP contribution in [0.15, 0.2) is 69.9 Å². The molecule has 2 aromatic heterocycles. The number of carbonyl (C=O) groups is 1. The highest BCUT2D eigenvalue weighted by Gasteiger charge is 2.15. The second kappa shape index (κ2) is 8.18. The Bertz CT molecular complexity index is 1170. The number of H-pyrrole nitrogens is 1. The number of aryl methyl sites for hydroxylation is 1. The maximum Gasteiger partial charge on any atom is 0.420 e. The molecule has 1 amide bonds. The molecule has 0 saturated heterocycles. The first-order valence-electron chi connectivity index (χ1n) is 9.54. The molecular weight excluding hydrogens is 368 g/mol. The molecule has 0 aliphatic rings. The van der Waals surface area contributed by atoms with Gasteiger partial charge in [-0.3, -0.25) is 14.5 Å². The van der Waals surface area contributed by atoms with Crippen LogP contribution in [0, 0.1) is 0 Å². The number of amides is 1. The van der Waals surface area contributed by atoms with Gasteiger partial charge in [0.25, 0.3) is 0 Å². The molecule has 0 aliphatic carbocycles. The third kappa shape index (κ3) is 4.13. The number of para-hydroxylation sites is 2. The van der Waals surface area contributed by atoms with Crippen LogP contribution in [-0.4, -0.2) is 39.2 Å². The van der Waals surface area contributed by atoms with Gasteiger partial charge >= 0.3 is 5.76 Å². The molecule has 0 saturated carbocycles. The summed E-state index contributed by atoms with van der Waals surface area (Å²) in [6.45, 7) is 0.553. The highest BCUT2D eigenvalue weighted by Crippen LogP contribution is 2.17. The summed E-state index contributed by atoms with van der Waals surface area (Å²) in [7, 11) is 1.75. The smallest absolute Gasteiger partial charge is 0.408 e. The van der Waals surface area contributed by atoms with Crippen LogP contribution >= 0.6 is 0 Å². The number of carbonyl (C=O) groups excluding carboxylic acids is 1. The van der Waals surface area contributed by atoms with E-state index in [2.05, 4.69) is 10.2 Å². The monoisotopic (exact) mass is 390 g/mol. The highest BCUT2D eigenvalue weighted by molar-refractivity contribution is 5.79. The molecule has 7 heteroatoms. The molecule has 0 spiro atoms. The molecular formula is C22H22N4O3. The van der Waals surface area contributed by atoms with Crippen molar-refractivity contribution in [2.24, 2.45) is 0 Å². The lowest BCUT2D eigenvalue weighted by molar-refractivity contribution is -0.130. The van der Waals surface area contributed by atoms with Crippen molar-refractivity contribution in [3.05, 3.63) is 76.9 Å². The number of benzene rings is 2. The molecule has 0 bridgehead atoms. The third-order valence-electron chi connectivity index (χ3n) is 4.93. The van der Waals surface area contributed by atoms with Crippen LogP contribution in [-0.2, 0) is 17.8 Å². The Hall–Kier alpha value is -3.61. The van der Waals surface area contributed by atoms with Gasteiger partial charge in [0.15, 0.2) is 5.58 Å². The van der Waals surface area contributed by atoms with Gasteiger partial charge in [0.1, 0.15) is 6.54 Å². The van der Waals surface area contributed by atoms with E-state index >= 15 is 0 Å². The first-order valence-corrected chi connectivity index (χ1v) is 9.54. The second-order valence-corrected chi connectivity index (χ2v) is 6.99. The predicted molar refractivity (Wildman–Crippen MR) is 110 cm³/mol. The van der Waals surface area contributed by atoms with Gasteiger partial charge in [0, 0.05) is 24.8 Å². The Morgan fingerprint density at radius 1 is 1.14 bits per heavy atom. The number of hydrogen-bond donors (Lipinski definition) is 1. The quantitative estimate of drug-likeness (QED) is 0.526. The average Bonchev–Trinajstić information content (AvgIpc) is 3.33. The first-order chi connectivity index (χ1) is 14.1. The number of fused-ring (bicyclic) bond motifs is 1. The van der Waals surface area contributed by atoms with Gasteiger partial charge in [0.2, 0.25) is 5.91 Å². The molecule has 4 rings (SSSR count). The van der Waals surface area contributed by atoms with E-state index < -0.39 is 5.76 Å². The van der Waals surface area contributed by atoms with Crippen molar-refractivity contribution in [3.8, 4) is 11.3 Å². The van der Waals surface area contributed by atoms with Gasteiger partial charge in [-0.2, -0.15) is 5.10 Å². The van der Waals surface area contributed by atoms with E-state index in [1.54, 1.807) is 30.1 Å². The number of nitrogens with one attached hydrogen (secondary N) is 1. The van der Waals surface area contributed by atoms with Gasteiger partial charge in [-0.1, -0.05) is 42.5 Å². The number of hydrogen-bond acceptors (Lipinski definition) is 4. The summed E-state index contributed by atoms with van der Waals surface area (Å²) >= 11 is 0. The zero-order chi connectivity index (χ0) is 20.2. The van der Waals surface area contributed by atoms with E-state index in [0.717, 1.165) is 29.8 Å². The van der Waals surface area contributed by atoms with Crippen molar-refractivity contribution < 1.29 is 9.21 Å². The van der Waals surface area contributed by atoms with E-state index in [1.165, 1.54) is 4.57 Å². The van der Waals surface area contributed by atoms with Crippen molar-refractivity contribution in [2.75, 3.05) is 13.6 Å². The molecule has 148 valence electrons. The Morgan fingerprint density at radius 3 is 2.72 bits per heavy atom. The van der Waals surface area contributed by atoms with E-state index in [9.17, 15) is 9.59 Å². The average molecular weight is 390 g/mol. The standard InChI is InChI=1S/C22H22N4O3/c1-25(21(27)15-26-19-11-5-6-12-20(19)29-22(26)28)13-7-10-17-14-18(24-23-17)16-8-3-2-4-9-16/h2-6,8-9,11-12,14H,7,10,13,15H2,1H3,(H,23,24). The number of likely N-dealkylation sites (N-methyl/N-ethyl adjacent to an activating group) is 1. The number of rotatable bonds is 7. The summed E-state index contributed by atoms with van der Waals surface area (Å²) in [5.74, 6) is -0.646. The van der Waals surface area contributed by atoms with Crippen LogP contribution in [0.25, 0.3) is 22.4 Å². The molecule has 0 fully saturated rings. The third-order valence-corrected chi connectivity index (χ3v) is 4.93. The van der Waals surface area contributed by atoms with Crippen LogP contribution in [0.3, 0.4) is 0 Å². The molecule has 0 aliphatic heterocycles. The summed E-state index contributed by atoms with van der Waals surface area (Å²) < 4.78 is 6.55. The Kier molecular flexibility index (Phi) is 5.29. The van der Waals surface area contributed by atoms with Crippen LogP contribution in [0.2, 0.25) is 0 Å². The van der Waals surface area contributed by atoms with Gasteiger partial charge in [-0.15, -0.1) is 0 Å². The maximum absolute atomic E-state index is 12.5. The fourth-order valence-electron chi connectivity index (χ4n) is 3.30. The summed E-state index contributed by atoms with van der Waals surface area (Å²) in [4.78, 5) is 26.2. The van der Waals surface area contributed by atoms with Gasteiger partial charge < -0.3 is 9.32 Å². The van der Waals surface area contributed by atoms with Crippen molar-refractivity contribution in [1.29, 1.82) is 0 Å². The number of nitrogens with zero attached hydrogens (tertiary/aromatic N) is 3. The molecule has 4 aromatic rings. The van der Waals surface area contributed by atoms with Crippen LogP contribution < -0.4 is 5.76 Å². The lowest BCUT2D eigenvalue weighted by Crippen LogP contribution is -2.33. The van der Waals surface area contributed by atoms with Crippen LogP contribution in [0.1, 0.15) is 12.1 Å². The number of aromatic amines is 1. The zero-order valence-electron chi connectivity index (χ0n) is 16.2. The molecule has 1 N–H and O–H groups in total. The number of aromatic nitrogens is 3. The minimum Gasteiger partial charge on any atom is -0.408 e. The predicted octanol–water partition coefficient (Wildman–Crippen LogP) is 3.08. The minimum atomic E-state index is -0.515. The molecule has 2 aromatic carbocycles. The maximum atomic E-state index is 12.5. The lowest BCUT2D eigenvalue weighted by Gasteiger charge is -2.17. The molecule has 29 heavy (non-hydrogen) atoms. The van der Waals surface area contributed by atoms with E-state index in [4.69, 9.17) is 4.42 Å². The summed E-state index contributed by atoms with van der Waals surface area (Å²) in [6.07, 6.45) is 1.58. The first kappa shape index (κ1) is 18.7. The normalized spacial score (nSPS) is 11.1. The molecule has 2 heterocycles. The second-order valence-electron chi connectivity index (χ2n) is 6.99. The molecule has 7 nitrogen and oxygen atoms in total. The van der Waals surface area contributed by atoms with Crippen LogP contribution in [0.4, 0.5) is 0 Å². The summed E-state index contributed by atoms with van der Waals surface area (Å²) in [5, 5.41) is 7.41. The topological polar surface area (TPSA) is 84.1 Å². The summed E-state index contributed by atoms with van der Waals surface area (Å²) in [5.41, 5.74) is 4.13. The fraction of sp³-hybridized carbons (Fsp3) is 0.227. The Labute approximate surface area is 167 Å². The van der Waals surface area contributed by atoms with Gasteiger partial charge in [-0.25, -0.2) is 4.79 Å². The van der Waals surface area contributed by atoms with Crippen molar-refractivity contribution in [3.63, 3.8) is 0 Å². The largest absolute Gasteiger partial charge is 0.420 e. The van der Waals surface area contributed by atoms with Crippen LogP contribution in [0.5, 0.6) is 0 Å². The van der Waals surface area contributed by atoms with E-state index in [0.29, 0.717) is 17.6 Å². The van der Waals surface area contributed by atoms with E-state index in [-0.39, 0.29) is 12.5 Å². The van der Waals surface area contributed by atoms with Crippen molar-refractivity contribution in [1.82, 2.24) is 19.7 Å². The number of oxazole rings is 1. The Morgan fingerprint density at radius 2 is 1.90 bits per heavy atom. The van der Waals surface area contributed by atoms with Gasteiger partial charge in [0.05, 0.1) is 11.2 Å². The highest BCUT2D eigenvalue weighted by atomic mass is 16.4. The molecule has 0 unspecified atom stereocenters. The van der Waals surface area contributed by atoms with Gasteiger partial charge in [-0.05, 0) is 31.0 Å². The van der Waals surface area contributed by atoms with E-state index in [1.807, 2.05) is 42.5 Å². The molecule has 0 radical (unpaired) electrons. The van der Waals surface area contributed by atoms with Crippen molar-refractivity contribution in [2.45, 2.75) is 19.4 Å². The zero-order valence-corrected chi connectivity index (χ0v) is 16.2. The summed E-state index contributed by atoms with van der Waals surface area (Å²) in [6, 6.07) is 19.1. The fourth-order valence-corrected chi connectivity index (χ4v) is 3.30. The Balaban J connectivity index is 1.32. The SMILES string of the molecule is CN(CCCc1cc(-c2ccccc2)n[nH]1)C(=O)Cn1c(=O)oc2ccccc21. The minimum absolute atomic E-state index is 0.0332. The van der Waals surface area contributed by atoms with Crippen molar-refractivity contribution >= 4 is 17.0 Å². The lowest BCUT2D eigenvalue weighted by atomic mass is 10.1.